The number of benzene rings is 4. The smallest absolute Gasteiger partial charge is 0.407 e. The first kappa shape index (κ1) is 39.9. The summed E-state index contributed by atoms with van der Waals surface area (Å²) in [5, 5.41) is 45.3. The van der Waals surface area contributed by atoms with Crippen LogP contribution in [0.2, 0.25) is 0 Å². The molecule has 0 aliphatic carbocycles. The number of rotatable bonds is 16. The number of carbonyl (C=O) groups excluding carboxylic acids is 1. The first-order chi connectivity index (χ1) is 26.8. The van der Waals surface area contributed by atoms with Gasteiger partial charge < -0.3 is 58.9 Å². The van der Waals surface area contributed by atoms with E-state index in [-0.39, 0.29) is 26.4 Å². The maximum Gasteiger partial charge on any atom is 0.407 e. The average Bonchev–Trinajstić information content (AvgIpc) is 3.21. The van der Waals surface area contributed by atoms with Crippen LogP contribution in [0.4, 0.5) is 4.79 Å². The van der Waals surface area contributed by atoms with Crippen LogP contribution in [0.25, 0.3) is 0 Å². The number of nitrogens with one attached hydrogen (secondary N) is 1. The summed E-state index contributed by atoms with van der Waals surface area (Å²) < 4.78 is 42.3. The lowest BCUT2D eigenvalue weighted by atomic mass is 9.96. The highest BCUT2D eigenvalue weighted by Gasteiger charge is 2.51. The van der Waals surface area contributed by atoms with E-state index in [0.717, 1.165) is 16.7 Å². The van der Waals surface area contributed by atoms with Gasteiger partial charge in [-0.3, -0.25) is 0 Å². The van der Waals surface area contributed by atoms with Crippen molar-refractivity contribution in [2.24, 2.45) is 0 Å². The number of ether oxygens (including phenoxy) is 7. The number of hydrogen-bond acceptors (Lipinski definition) is 12. The van der Waals surface area contributed by atoms with Crippen molar-refractivity contribution in [1.29, 1.82) is 0 Å². The van der Waals surface area contributed by atoms with Gasteiger partial charge in [0.25, 0.3) is 0 Å². The number of carbonyl (C=O) groups is 2. The van der Waals surface area contributed by atoms with Gasteiger partial charge in [0, 0.05) is 0 Å². The average molecular weight is 760 g/mol. The van der Waals surface area contributed by atoms with Gasteiger partial charge in [-0.2, -0.15) is 0 Å². The second-order valence-corrected chi connectivity index (χ2v) is 13.2. The van der Waals surface area contributed by atoms with Crippen molar-refractivity contribution in [3.8, 4) is 0 Å². The minimum absolute atomic E-state index is 0.103. The van der Waals surface area contributed by atoms with Crippen molar-refractivity contribution < 1.29 is 63.2 Å². The van der Waals surface area contributed by atoms with Crippen molar-refractivity contribution in [2.75, 3.05) is 6.61 Å². The normalized spacial score (nSPS) is 27.9. The molecule has 14 nitrogen and oxygen atoms in total. The summed E-state index contributed by atoms with van der Waals surface area (Å²) >= 11 is 0. The van der Waals surface area contributed by atoms with E-state index in [2.05, 4.69) is 5.32 Å². The van der Waals surface area contributed by atoms with Gasteiger partial charge in [-0.1, -0.05) is 121 Å². The predicted octanol–water partition coefficient (Wildman–Crippen LogP) is 3.30. The van der Waals surface area contributed by atoms with E-state index >= 15 is 0 Å². The van der Waals surface area contributed by atoms with Gasteiger partial charge in [0.1, 0.15) is 49.3 Å². The molecule has 292 valence electrons. The number of aliphatic hydroxyl groups is 3. The van der Waals surface area contributed by atoms with Crippen LogP contribution in [-0.2, 0) is 64.4 Å². The Balaban J connectivity index is 1.23. The van der Waals surface area contributed by atoms with Crippen molar-refractivity contribution in [3.63, 3.8) is 0 Å². The molecule has 0 radical (unpaired) electrons. The molecule has 10 atom stereocenters. The third kappa shape index (κ3) is 10.9. The van der Waals surface area contributed by atoms with Crippen LogP contribution in [0.15, 0.2) is 121 Å². The molecule has 6 rings (SSSR count). The van der Waals surface area contributed by atoms with E-state index in [1.807, 2.05) is 97.1 Å². The first-order valence-electron chi connectivity index (χ1n) is 17.9. The van der Waals surface area contributed by atoms with Gasteiger partial charge >= 0.3 is 12.1 Å². The van der Waals surface area contributed by atoms with E-state index < -0.39 is 80.0 Å². The van der Waals surface area contributed by atoms with Crippen LogP contribution < -0.4 is 5.32 Å². The van der Waals surface area contributed by atoms with E-state index in [4.69, 9.17) is 33.2 Å². The molecule has 4 aromatic carbocycles. The number of carboxylic acid groups (broad SMARTS) is 1. The molecule has 0 bridgehead atoms. The monoisotopic (exact) mass is 759 g/mol. The van der Waals surface area contributed by atoms with Crippen molar-refractivity contribution in [2.45, 2.75) is 87.8 Å². The molecule has 2 fully saturated rings. The quantitative estimate of drug-likeness (QED) is 0.112. The zero-order valence-electron chi connectivity index (χ0n) is 29.8. The van der Waals surface area contributed by atoms with Crippen LogP contribution >= 0.6 is 0 Å². The fraction of sp³-hybridized carbons (Fsp3) is 0.366. The number of hydrogen-bond donors (Lipinski definition) is 5. The lowest BCUT2D eigenvalue weighted by molar-refractivity contribution is -0.328. The van der Waals surface area contributed by atoms with Gasteiger partial charge in [0.05, 0.1) is 26.4 Å². The zero-order chi connectivity index (χ0) is 38.6. The Bertz CT molecular complexity index is 1750. The number of alkyl carbamates (subject to hydrolysis) is 1. The Kier molecular flexibility index (Phi) is 14.3. The number of carboxylic acids is 1. The van der Waals surface area contributed by atoms with Gasteiger partial charge in [-0.05, 0) is 22.3 Å². The molecule has 2 aliphatic heterocycles. The molecule has 0 unspecified atom stereocenters. The molecule has 0 aromatic heterocycles. The van der Waals surface area contributed by atoms with Crippen LogP contribution in [0.3, 0.4) is 0 Å². The molecule has 4 aromatic rings. The van der Waals surface area contributed by atoms with Crippen LogP contribution in [0, 0.1) is 0 Å². The largest absolute Gasteiger partial charge is 0.479 e. The van der Waals surface area contributed by atoms with Crippen molar-refractivity contribution in [1.82, 2.24) is 5.32 Å². The van der Waals surface area contributed by atoms with Crippen molar-refractivity contribution >= 4 is 12.1 Å². The van der Waals surface area contributed by atoms with Gasteiger partial charge in [0.2, 0.25) is 0 Å². The number of aliphatic carboxylic acids is 1. The molecule has 2 aliphatic rings. The summed E-state index contributed by atoms with van der Waals surface area (Å²) in [6.07, 6.45) is -13.8. The Morgan fingerprint density at radius 3 is 1.51 bits per heavy atom. The SMILES string of the molecule is O=C(N[C@H]1[C@H](OC[C@H]2O[C@H](O)[C@H](OCc3ccccc3)[C@@H](OCc3ccccc3)[C@@H]2OCc2ccccc2)O[C@H](C(=O)O)[C@@H](O)[C@@H]1O)OCc1ccccc1. The maximum absolute atomic E-state index is 12.9. The van der Waals surface area contributed by atoms with Gasteiger partial charge in [-0.15, -0.1) is 0 Å². The highest BCUT2D eigenvalue weighted by atomic mass is 16.7. The highest BCUT2D eigenvalue weighted by molar-refractivity contribution is 5.73. The summed E-state index contributed by atoms with van der Waals surface area (Å²) in [6, 6.07) is 35.6. The molecule has 14 heteroatoms. The molecule has 5 N–H and O–H groups in total. The minimum atomic E-state index is -1.93. The van der Waals surface area contributed by atoms with Crippen LogP contribution in [-0.4, -0.2) is 100 Å². The molecule has 0 saturated carbocycles. The lowest BCUT2D eigenvalue weighted by Crippen LogP contribution is -2.66. The topological polar surface area (TPSA) is 192 Å². The molecule has 0 spiro atoms. The third-order valence-electron chi connectivity index (χ3n) is 9.23. The highest BCUT2D eigenvalue weighted by Crippen LogP contribution is 2.31. The van der Waals surface area contributed by atoms with E-state index in [1.54, 1.807) is 24.3 Å². The summed E-state index contributed by atoms with van der Waals surface area (Å²) in [4.78, 5) is 24.9. The summed E-state index contributed by atoms with van der Waals surface area (Å²) in [6.45, 7) is -0.139. The van der Waals surface area contributed by atoms with Crippen LogP contribution in [0.5, 0.6) is 0 Å². The van der Waals surface area contributed by atoms with E-state index in [9.17, 15) is 30.0 Å². The van der Waals surface area contributed by atoms with E-state index in [0.29, 0.717) is 5.56 Å². The predicted molar refractivity (Wildman–Crippen MR) is 194 cm³/mol. The second kappa shape index (κ2) is 19.7. The number of aliphatic hydroxyl groups excluding tert-OH is 3. The molecular weight excluding hydrogens is 714 g/mol. The van der Waals surface area contributed by atoms with Gasteiger partial charge in [0.15, 0.2) is 18.7 Å². The molecule has 2 saturated heterocycles. The Morgan fingerprint density at radius 1 is 0.564 bits per heavy atom. The fourth-order valence-electron chi connectivity index (χ4n) is 6.35. The Labute approximate surface area is 318 Å². The Morgan fingerprint density at radius 2 is 1.02 bits per heavy atom. The summed E-state index contributed by atoms with van der Waals surface area (Å²) in [5.74, 6) is -1.56. The minimum Gasteiger partial charge on any atom is -0.479 e. The zero-order valence-corrected chi connectivity index (χ0v) is 29.8. The maximum atomic E-state index is 12.9. The fourth-order valence-corrected chi connectivity index (χ4v) is 6.35. The Hall–Kier alpha value is -4.74. The molecule has 2 heterocycles. The molecule has 1 amide bonds. The van der Waals surface area contributed by atoms with Gasteiger partial charge in [-0.25, -0.2) is 9.59 Å². The lowest BCUT2D eigenvalue weighted by Gasteiger charge is -2.45. The second-order valence-electron chi connectivity index (χ2n) is 13.2. The van der Waals surface area contributed by atoms with E-state index in [1.165, 1.54) is 0 Å². The summed E-state index contributed by atoms with van der Waals surface area (Å²) in [5.41, 5.74) is 3.25. The third-order valence-corrected chi connectivity index (χ3v) is 9.23. The standard InChI is InChI=1S/C41H45NO13/c43-32-31(42-41(48)53-24-29-19-11-4-12-20-29)40(55-35(33(32)44)38(45)46)52-25-30-34(49-21-26-13-5-1-6-14-26)36(50-22-27-15-7-2-8-16-27)37(39(47)54-30)51-23-28-17-9-3-10-18-28/h1-20,30-37,39-40,43-44,47H,21-25H2,(H,42,48)(H,45,46)/t30-,31-,32-,33+,34-,35+,36+,37-,39+,40-/m1/s1. The van der Waals surface area contributed by atoms with Crippen molar-refractivity contribution in [3.05, 3.63) is 144 Å². The van der Waals surface area contributed by atoms with Crippen LogP contribution in [0.1, 0.15) is 22.3 Å². The molecule has 55 heavy (non-hydrogen) atoms. The number of amides is 1. The summed E-state index contributed by atoms with van der Waals surface area (Å²) in [7, 11) is 0. The molecular formula is C41H45NO13. The first-order valence-corrected chi connectivity index (χ1v) is 17.9.